The quantitative estimate of drug-likeness (QED) is 0.244. The molecule has 3 aromatic carbocycles. The number of rotatable bonds is 2. The van der Waals surface area contributed by atoms with Crippen molar-refractivity contribution in [1.29, 1.82) is 0 Å². The van der Waals surface area contributed by atoms with Gasteiger partial charge in [-0.25, -0.2) is 0 Å². The summed E-state index contributed by atoms with van der Waals surface area (Å²) in [5, 5.41) is 0. The maximum Gasteiger partial charge on any atom is 0.0780 e. The standard InChI is InChI=1S/C27H25N2.Ir/c1-16-8-7-9-17(2)25(16)29-26-22(28-27(29)19-10-5-4-6-11-19)14-18(3)23-20-12-13-21(15-20)24(23)26;/h4-10,14,20-21H,12-13,15H2,1-3H3;/q-1;. The number of aryl methyl sites for hydroxylation is 3. The fourth-order valence-corrected chi connectivity index (χ4v) is 5.97. The largest absolute Gasteiger partial charge is 0.332 e. The second kappa shape index (κ2) is 7.18. The second-order valence-corrected chi connectivity index (χ2v) is 8.88. The number of hydrogen-bond acceptors (Lipinski definition) is 1. The summed E-state index contributed by atoms with van der Waals surface area (Å²) in [7, 11) is 0. The molecule has 1 heterocycles. The monoisotopic (exact) mass is 570 g/mol. The summed E-state index contributed by atoms with van der Waals surface area (Å²) in [6.45, 7) is 6.71. The van der Waals surface area contributed by atoms with E-state index in [-0.39, 0.29) is 20.1 Å². The van der Waals surface area contributed by atoms with E-state index in [0.717, 1.165) is 22.8 Å². The van der Waals surface area contributed by atoms with Crippen LogP contribution < -0.4 is 0 Å². The van der Waals surface area contributed by atoms with Gasteiger partial charge in [0.2, 0.25) is 0 Å². The van der Waals surface area contributed by atoms with Crippen LogP contribution in [-0.2, 0) is 20.1 Å². The van der Waals surface area contributed by atoms with E-state index in [1.165, 1.54) is 47.2 Å². The van der Waals surface area contributed by atoms with Crippen LogP contribution in [0.3, 0.4) is 0 Å². The van der Waals surface area contributed by atoms with Crippen LogP contribution in [0.1, 0.15) is 58.9 Å². The molecule has 153 valence electrons. The molecule has 2 aliphatic rings. The molecule has 2 aliphatic carbocycles. The normalized spacial score (nSPS) is 19.2. The Kier molecular flexibility index (Phi) is 4.72. The summed E-state index contributed by atoms with van der Waals surface area (Å²) in [5.74, 6) is 2.44. The third-order valence-electron chi connectivity index (χ3n) is 7.09. The van der Waals surface area contributed by atoms with Crippen molar-refractivity contribution in [3.8, 4) is 17.1 Å². The first kappa shape index (κ1) is 19.7. The maximum absolute atomic E-state index is 5.20. The predicted molar refractivity (Wildman–Crippen MR) is 119 cm³/mol. The first-order valence-electron chi connectivity index (χ1n) is 10.7. The minimum absolute atomic E-state index is 0. The van der Waals surface area contributed by atoms with Gasteiger partial charge < -0.3 is 4.57 Å². The maximum atomic E-state index is 5.20. The van der Waals surface area contributed by atoms with Gasteiger partial charge in [0.25, 0.3) is 0 Å². The number of nitrogens with zero attached hydrogens (tertiary/aromatic N) is 2. The molecule has 2 unspecified atom stereocenters. The first-order valence-corrected chi connectivity index (χ1v) is 10.7. The molecule has 2 bridgehead atoms. The Morgan fingerprint density at radius 2 is 1.63 bits per heavy atom. The summed E-state index contributed by atoms with van der Waals surface area (Å²) in [6.07, 6.45) is 3.99. The molecule has 0 aliphatic heterocycles. The van der Waals surface area contributed by atoms with Crippen LogP contribution in [0.15, 0.2) is 48.5 Å². The van der Waals surface area contributed by atoms with Crippen molar-refractivity contribution in [3.63, 3.8) is 0 Å². The molecule has 30 heavy (non-hydrogen) atoms. The van der Waals surface area contributed by atoms with Crippen molar-refractivity contribution < 1.29 is 20.1 Å². The molecule has 2 atom stereocenters. The summed E-state index contributed by atoms with van der Waals surface area (Å²) in [5.41, 5.74) is 12.0. The number of para-hydroxylation sites is 1. The molecule has 0 saturated heterocycles. The van der Waals surface area contributed by atoms with Gasteiger partial charge in [-0.3, -0.25) is 4.98 Å². The SMILES string of the molecule is Cc1cc2nc(-c3[c-]cccc3)n(-c3c(C)cccc3C)c2c2c1C1CCC2C1.[Ir]. The third kappa shape index (κ3) is 2.69. The van der Waals surface area contributed by atoms with Gasteiger partial charge in [-0.1, -0.05) is 18.2 Å². The molecule has 1 saturated carbocycles. The molecule has 1 fully saturated rings. The van der Waals surface area contributed by atoms with E-state index < -0.39 is 0 Å². The van der Waals surface area contributed by atoms with Gasteiger partial charge in [-0.15, -0.1) is 35.9 Å². The summed E-state index contributed by atoms with van der Waals surface area (Å²) >= 11 is 0. The molecular formula is C27H25IrN2-. The van der Waals surface area contributed by atoms with E-state index in [9.17, 15) is 0 Å². The summed E-state index contributed by atoms with van der Waals surface area (Å²) in [6, 6.07) is 20.6. The van der Waals surface area contributed by atoms with Gasteiger partial charge in [-0.05, 0) is 85.8 Å². The van der Waals surface area contributed by atoms with E-state index in [2.05, 4.69) is 67.8 Å². The molecule has 0 N–H and O–H groups in total. The Morgan fingerprint density at radius 1 is 0.900 bits per heavy atom. The van der Waals surface area contributed by atoms with Gasteiger partial charge >= 0.3 is 0 Å². The molecule has 1 aromatic heterocycles. The number of imidazole rings is 1. The zero-order chi connectivity index (χ0) is 19.7. The Hall–Kier alpha value is -2.22. The van der Waals surface area contributed by atoms with Crippen molar-refractivity contribution >= 4 is 11.0 Å². The topological polar surface area (TPSA) is 17.8 Å². The predicted octanol–water partition coefficient (Wildman–Crippen LogP) is 6.78. The van der Waals surface area contributed by atoms with Crippen molar-refractivity contribution in [2.75, 3.05) is 0 Å². The zero-order valence-electron chi connectivity index (χ0n) is 17.6. The van der Waals surface area contributed by atoms with E-state index in [4.69, 9.17) is 4.98 Å². The van der Waals surface area contributed by atoms with E-state index >= 15 is 0 Å². The number of hydrogen-bond donors (Lipinski definition) is 0. The van der Waals surface area contributed by atoms with Crippen LogP contribution in [0.2, 0.25) is 0 Å². The minimum atomic E-state index is 0. The Morgan fingerprint density at radius 3 is 2.33 bits per heavy atom. The Labute approximate surface area is 191 Å². The van der Waals surface area contributed by atoms with Gasteiger partial charge in [-0.2, -0.15) is 0 Å². The van der Waals surface area contributed by atoms with Crippen LogP contribution in [-0.4, -0.2) is 9.55 Å². The van der Waals surface area contributed by atoms with Crippen LogP contribution >= 0.6 is 0 Å². The van der Waals surface area contributed by atoms with Gasteiger partial charge in [0, 0.05) is 25.8 Å². The summed E-state index contributed by atoms with van der Waals surface area (Å²) < 4.78 is 2.45. The molecule has 0 amide bonds. The Balaban J connectivity index is 0.00000193. The number of aromatic nitrogens is 2. The van der Waals surface area contributed by atoms with Crippen molar-refractivity contribution in [3.05, 3.63) is 82.4 Å². The fourth-order valence-electron chi connectivity index (χ4n) is 5.97. The number of fused-ring (bicyclic) bond motifs is 7. The van der Waals surface area contributed by atoms with Gasteiger partial charge in [0.05, 0.1) is 16.9 Å². The average molecular weight is 570 g/mol. The van der Waals surface area contributed by atoms with Crippen LogP contribution in [0, 0.1) is 26.8 Å². The first-order chi connectivity index (χ1) is 14.1. The smallest absolute Gasteiger partial charge is 0.0780 e. The minimum Gasteiger partial charge on any atom is -0.332 e. The third-order valence-corrected chi connectivity index (χ3v) is 7.09. The van der Waals surface area contributed by atoms with Crippen LogP contribution in [0.5, 0.6) is 0 Å². The Bertz CT molecular complexity index is 1250. The van der Waals surface area contributed by atoms with E-state index in [1.807, 2.05) is 12.1 Å². The van der Waals surface area contributed by atoms with Crippen molar-refractivity contribution in [2.45, 2.75) is 51.9 Å². The molecule has 2 nitrogen and oxygen atoms in total. The van der Waals surface area contributed by atoms with Gasteiger partial charge in [0.15, 0.2) is 0 Å². The van der Waals surface area contributed by atoms with E-state index in [1.54, 1.807) is 11.1 Å². The summed E-state index contributed by atoms with van der Waals surface area (Å²) in [4.78, 5) is 5.20. The molecule has 3 heteroatoms. The van der Waals surface area contributed by atoms with Crippen molar-refractivity contribution in [1.82, 2.24) is 9.55 Å². The molecular weight excluding hydrogens is 545 g/mol. The van der Waals surface area contributed by atoms with Crippen LogP contribution in [0.4, 0.5) is 0 Å². The zero-order valence-corrected chi connectivity index (χ0v) is 20.0. The molecule has 0 spiro atoms. The van der Waals surface area contributed by atoms with Crippen molar-refractivity contribution in [2.24, 2.45) is 0 Å². The van der Waals surface area contributed by atoms with E-state index in [0.29, 0.717) is 5.92 Å². The van der Waals surface area contributed by atoms with Crippen LogP contribution in [0.25, 0.3) is 28.1 Å². The molecule has 4 aromatic rings. The average Bonchev–Trinajstić information content (AvgIpc) is 3.42. The second-order valence-electron chi connectivity index (χ2n) is 8.88. The molecule has 1 radical (unpaired) electrons. The number of benzene rings is 3. The fraction of sp³-hybridized carbons (Fsp3) is 0.296. The molecule has 6 rings (SSSR count). The van der Waals surface area contributed by atoms with Gasteiger partial charge in [0.1, 0.15) is 0 Å².